The van der Waals surface area contributed by atoms with Gasteiger partial charge in [0.2, 0.25) is 0 Å². The van der Waals surface area contributed by atoms with Gasteiger partial charge in [0.1, 0.15) is 23.6 Å². The minimum atomic E-state index is -1.92. The molecule has 2 N–H and O–H groups in total. The summed E-state index contributed by atoms with van der Waals surface area (Å²) in [5, 5.41) is 20.8. The van der Waals surface area contributed by atoms with Crippen molar-refractivity contribution >= 4 is 26.1 Å². The lowest BCUT2D eigenvalue weighted by Gasteiger charge is -2.37. The number of nitrogens with zero attached hydrogens (tertiary/aromatic N) is 5. The van der Waals surface area contributed by atoms with E-state index in [9.17, 15) is 14.7 Å². The van der Waals surface area contributed by atoms with Gasteiger partial charge >= 0.3 is 6.09 Å². The predicted octanol–water partition coefficient (Wildman–Crippen LogP) is 5.22. The minimum Gasteiger partial charge on any atom is -0.496 e. The van der Waals surface area contributed by atoms with Crippen LogP contribution < -0.4 is 10.1 Å². The highest BCUT2D eigenvalue weighted by atomic mass is 28.4. The van der Waals surface area contributed by atoms with Crippen LogP contribution in [0.25, 0.3) is 11.5 Å². The van der Waals surface area contributed by atoms with Crippen molar-refractivity contribution in [3.63, 3.8) is 0 Å². The topological polar surface area (TPSA) is 132 Å². The Morgan fingerprint density at radius 2 is 1.95 bits per heavy atom. The maximum absolute atomic E-state index is 13.3. The molecule has 3 heterocycles. The average Bonchev–Trinajstić information content (AvgIpc) is 3.40. The van der Waals surface area contributed by atoms with E-state index in [1.54, 1.807) is 24.5 Å². The lowest BCUT2D eigenvalue weighted by molar-refractivity contribution is 0.102. The number of fused-ring (bicyclic) bond motifs is 1. The van der Waals surface area contributed by atoms with Gasteiger partial charge in [-0.2, -0.15) is 0 Å². The molecule has 0 saturated carbocycles. The van der Waals surface area contributed by atoms with Crippen molar-refractivity contribution in [1.29, 1.82) is 0 Å². The zero-order valence-corrected chi connectivity index (χ0v) is 25.2. The zero-order valence-electron chi connectivity index (χ0n) is 24.2. The highest BCUT2D eigenvalue weighted by Gasteiger charge is 2.37. The van der Waals surface area contributed by atoms with Crippen LogP contribution in [0.3, 0.4) is 0 Å². The molecule has 0 unspecified atom stereocenters. The number of hydrogen-bond acceptors (Lipinski definition) is 7. The summed E-state index contributed by atoms with van der Waals surface area (Å²) >= 11 is 0. The van der Waals surface area contributed by atoms with E-state index in [1.165, 1.54) is 12.0 Å². The van der Waals surface area contributed by atoms with Gasteiger partial charge in [-0.3, -0.25) is 4.79 Å². The number of amides is 2. The molecular formula is C28H38N6O5Si. The summed E-state index contributed by atoms with van der Waals surface area (Å²) < 4.78 is 13.8. The Bertz CT molecular complexity index is 1400. The van der Waals surface area contributed by atoms with Crippen LogP contribution in [0.15, 0.2) is 36.7 Å². The quantitative estimate of drug-likeness (QED) is 0.355. The molecular weight excluding hydrogens is 528 g/mol. The van der Waals surface area contributed by atoms with Gasteiger partial charge in [-0.05, 0) is 66.9 Å². The Hall–Kier alpha value is -3.77. The normalized spacial score (nSPS) is 14.4. The summed E-state index contributed by atoms with van der Waals surface area (Å²) in [5.74, 6) is 0.928. The lowest BCUT2D eigenvalue weighted by atomic mass is 9.96. The molecule has 214 valence electrons. The molecule has 0 spiro atoms. The molecule has 4 rings (SSSR count). The number of anilines is 1. The number of methoxy groups -OCH3 is 1. The van der Waals surface area contributed by atoms with Gasteiger partial charge in [-0.25, -0.2) is 9.78 Å². The van der Waals surface area contributed by atoms with Gasteiger partial charge in [0.15, 0.2) is 14.1 Å². The third-order valence-electron chi connectivity index (χ3n) is 7.81. The van der Waals surface area contributed by atoms with Crippen LogP contribution in [0, 0.1) is 0 Å². The second kappa shape index (κ2) is 11.4. The summed E-state index contributed by atoms with van der Waals surface area (Å²) in [6, 6.07) is 8.79. The third-order valence-corrected chi connectivity index (χ3v) is 12.3. The van der Waals surface area contributed by atoms with E-state index in [-0.39, 0.29) is 17.6 Å². The molecule has 0 saturated heterocycles. The first-order valence-electron chi connectivity index (χ1n) is 13.3. The SMILES string of the molecule is COc1cc2c(cc1C(=O)Nc1cccc(-c3nncn3[C@H](C)CO[Si](C)(C)C(C)(C)C)n1)CN(C(=O)O)CC2. The molecule has 0 bridgehead atoms. The maximum atomic E-state index is 13.3. The Morgan fingerprint density at radius 3 is 2.62 bits per heavy atom. The Balaban J connectivity index is 1.53. The van der Waals surface area contributed by atoms with Crippen LogP contribution in [0.4, 0.5) is 10.6 Å². The number of carbonyl (C=O) groups excluding carboxylic acids is 1. The summed E-state index contributed by atoms with van der Waals surface area (Å²) in [4.78, 5) is 30.7. The van der Waals surface area contributed by atoms with E-state index >= 15 is 0 Å². The van der Waals surface area contributed by atoms with Gasteiger partial charge in [0, 0.05) is 13.1 Å². The van der Waals surface area contributed by atoms with Gasteiger partial charge in [-0.15, -0.1) is 10.2 Å². The van der Waals surface area contributed by atoms with Crippen molar-refractivity contribution in [2.75, 3.05) is 25.6 Å². The second-order valence-electron chi connectivity index (χ2n) is 11.6. The molecule has 11 nitrogen and oxygen atoms in total. The molecule has 0 aliphatic carbocycles. The van der Waals surface area contributed by atoms with E-state index in [4.69, 9.17) is 9.16 Å². The van der Waals surface area contributed by atoms with E-state index in [0.29, 0.717) is 48.2 Å². The highest BCUT2D eigenvalue weighted by Crippen LogP contribution is 2.37. The van der Waals surface area contributed by atoms with Crippen LogP contribution >= 0.6 is 0 Å². The third kappa shape index (κ3) is 6.17. The fraction of sp³-hybridized carbons (Fsp3) is 0.464. The van der Waals surface area contributed by atoms with Gasteiger partial charge in [-0.1, -0.05) is 26.8 Å². The Kier molecular flexibility index (Phi) is 8.31. The largest absolute Gasteiger partial charge is 0.496 e. The molecule has 2 amide bonds. The molecule has 12 heteroatoms. The number of hydrogen-bond donors (Lipinski definition) is 2. The average molecular weight is 567 g/mol. The van der Waals surface area contributed by atoms with Crippen LogP contribution in [0.2, 0.25) is 18.1 Å². The Labute approximate surface area is 235 Å². The first-order valence-corrected chi connectivity index (χ1v) is 16.2. The molecule has 0 fully saturated rings. The summed E-state index contributed by atoms with van der Waals surface area (Å²) in [5.41, 5.74) is 2.62. The fourth-order valence-electron chi connectivity index (χ4n) is 4.28. The maximum Gasteiger partial charge on any atom is 0.407 e. The summed E-state index contributed by atoms with van der Waals surface area (Å²) in [6.07, 6.45) is 1.24. The summed E-state index contributed by atoms with van der Waals surface area (Å²) in [6.45, 7) is 14.3. The lowest BCUT2D eigenvalue weighted by Crippen LogP contribution is -2.42. The smallest absolute Gasteiger partial charge is 0.407 e. The van der Waals surface area contributed by atoms with Crippen molar-refractivity contribution in [3.05, 3.63) is 53.3 Å². The molecule has 1 aromatic carbocycles. The van der Waals surface area contributed by atoms with Crippen molar-refractivity contribution in [1.82, 2.24) is 24.6 Å². The Morgan fingerprint density at radius 1 is 1.20 bits per heavy atom. The van der Waals surface area contributed by atoms with Gasteiger partial charge in [0.25, 0.3) is 5.91 Å². The van der Waals surface area contributed by atoms with Crippen LogP contribution in [-0.4, -0.2) is 70.3 Å². The molecule has 3 aromatic rings. The monoisotopic (exact) mass is 566 g/mol. The first kappa shape index (κ1) is 29.2. The molecule has 0 radical (unpaired) electrons. The molecule has 40 heavy (non-hydrogen) atoms. The van der Waals surface area contributed by atoms with Crippen molar-refractivity contribution in [2.45, 2.75) is 64.8 Å². The standard InChI is InChI=1S/C28H38N6O5Si/c1-18(16-39-40(6,7)28(2,3)4)34-17-29-32-25(34)22-9-8-10-24(30-22)31-26(35)21-13-20-15-33(27(36)37)12-11-19(20)14-23(21)38-5/h8-10,13-14,17-18H,11-12,15-16H2,1-7H3,(H,36,37)(H,30,31,35)/t18-/m1/s1. The fourth-order valence-corrected chi connectivity index (χ4v) is 5.37. The first-order chi connectivity index (χ1) is 18.8. The van der Waals surface area contributed by atoms with Gasteiger partial charge < -0.3 is 29.1 Å². The van der Waals surface area contributed by atoms with Crippen LogP contribution in [0.5, 0.6) is 5.75 Å². The molecule has 1 aliphatic heterocycles. The van der Waals surface area contributed by atoms with E-state index in [2.05, 4.69) is 61.3 Å². The zero-order chi connectivity index (χ0) is 29.2. The molecule has 1 atom stereocenters. The number of carboxylic acid groups (broad SMARTS) is 1. The van der Waals surface area contributed by atoms with Crippen molar-refractivity contribution in [2.24, 2.45) is 0 Å². The van der Waals surface area contributed by atoms with Crippen molar-refractivity contribution in [3.8, 4) is 17.3 Å². The van der Waals surface area contributed by atoms with E-state index in [1.807, 2.05) is 16.7 Å². The number of ether oxygens (including phenoxy) is 1. The van der Waals surface area contributed by atoms with E-state index < -0.39 is 20.3 Å². The predicted molar refractivity (Wildman–Crippen MR) is 154 cm³/mol. The number of aromatic nitrogens is 4. The van der Waals surface area contributed by atoms with Gasteiger partial charge in [0.05, 0.1) is 25.3 Å². The number of carbonyl (C=O) groups is 2. The second-order valence-corrected chi connectivity index (χ2v) is 16.4. The van der Waals surface area contributed by atoms with Crippen LogP contribution in [0.1, 0.15) is 55.2 Å². The number of benzene rings is 1. The molecule has 1 aliphatic rings. The van der Waals surface area contributed by atoms with Crippen molar-refractivity contribution < 1.29 is 23.9 Å². The van der Waals surface area contributed by atoms with E-state index in [0.717, 1.165) is 11.1 Å². The number of rotatable bonds is 8. The minimum absolute atomic E-state index is 0.0238. The molecule has 2 aromatic heterocycles. The highest BCUT2D eigenvalue weighted by molar-refractivity contribution is 6.74. The van der Waals surface area contributed by atoms with Crippen LogP contribution in [-0.2, 0) is 17.4 Å². The summed E-state index contributed by atoms with van der Waals surface area (Å²) in [7, 11) is -0.416. The number of pyridine rings is 1. The number of nitrogens with one attached hydrogen (secondary N) is 1.